The number of hydrogen-bond donors (Lipinski definition) is 2. The summed E-state index contributed by atoms with van der Waals surface area (Å²) in [6.07, 6.45) is 1.41. The van der Waals surface area contributed by atoms with Crippen molar-refractivity contribution in [1.82, 2.24) is 10.3 Å². The molecule has 114 valence electrons. The molecule has 0 atom stereocenters. The predicted molar refractivity (Wildman–Crippen MR) is 69.1 cm³/mol. The largest absolute Gasteiger partial charge is 0.405 e. The number of rotatable bonds is 4. The molecule has 0 unspecified atom stereocenters. The number of anilines is 1. The Morgan fingerprint density at radius 2 is 2.05 bits per heavy atom. The normalized spacial score (nSPS) is 11.7. The Labute approximate surface area is 118 Å². The van der Waals surface area contributed by atoms with Gasteiger partial charge in [0.25, 0.3) is 5.91 Å². The van der Waals surface area contributed by atoms with Crippen molar-refractivity contribution in [1.29, 1.82) is 0 Å². The second kappa shape index (κ2) is 5.99. The van der Waals surface area contributed by atoms with Crippen LogP contribution in [0.25, 0.3) is 0 Å². The van der Waals surface area contributed by atoms with Gasteiger partial charge in [-0.15, -0.1) is 6.42 Å². The number of amides is 1. The van der Waals surface area contributed by atoms with Gasteiger partial charge in [0.2, 0.25) is 0 Å². The minimum atomic E-state index is -4.50. The molecule has 8 heteroatoms. The molecule has 0 aliphatic rings. The van der Waals surface area contributed by atoms with Gasteiger partial charge in [0.05, 0.1) is 17.3 Å². The maximum Gasteiger partial charge on any atom is 0.405 e. The van der Waals surface area contributed by atoms with Gasteiger partial charge in [-0.25, -0.2) is 9.37 Å². The van der Waals surface area contributed by atoms with Crippen LogP contribution in [-0.2, 0) is 0 Å². The molecule has 1 aromatic rings. The highest BCUT2D eigenvalue weighted by Crippen LogP contribution is 2.19. The van der Waals surface area contributed by atoms with Crippen LogP contribution in [0.2, 0.25) is 0 Å². The molecule has 21 heavy (non-hydrogen) atoms. The number of terminal acetylenes is 1. The van der Waals surface area contributed by atoms with Crippen LogP contribution in [0.4, 0.5) is 23.4 Å². The van der Waals surface area contributed by atoms with Crippen molar-refractivity contribution in [3.63, 3.8) is 0 Å². The molecule has 0 saturated carbocycles. The lowest BCUT2D eigenvalue weighted by molar-refractivity contribution is -0.115. The minimum Gasteiger partial charge on any atom is -0.361 e. The lowest BCUT2D eigenvalue weighted by atomic mass is 10.1. The lowest BCUT2D eigenvalue weighted by Crippen LogP contribution is -2.42. The fraction of sp³-hybridized carbons (Fsp3) is 0.385. The van der Waals surface area contributed by atoms with E-state index in [-0.39, 0.29) is 11.4 Å². The second-order valence-electron chi connectivity index (χ2n) is 4.74. The molecular formula is C13H13F4N3O. The van der Waals surface area contributed by atoms with Gasteiger partial charge in [-0.2, -0.15) is 13.2 Å². The summed E-state index contributed by atoms with van der Waals surface area (Å²) >= 11 is 0. The van der Waals surface area contributed by atoms with E-state index < -0.39 is 30.0 Å². The third-order valence-corrected chi connectivity index (χ3v) is 2.34. The van der Waals surface area contributed by atoms with Gasteiger partial charge < -0.3 is 10.6 Å². The number of nitrogens with one attached hydrogen (secondary N) is 2. The molecule has 0 spiro atoms. The first-order valence-corrected chi connectivity index (χ1v) is 5.80. The van der Waals surface area contributed by atoms with Crippen molar-refractivity contribution in [3.05, 3.63) is 23.6 Å². The summed E-state index contributed by atoms with van der Waals surface area (Å²) in [7, 11) is 0. The Bertz CT molecular complexity index is 576. The third-order valence-electron chi connectivity index (χ3n) is 2.34. The van der Waals surface area contributed by atoms with E-state index in [1.54, 1.807) is 0 Å². The monoisotopic (exact) mass is 303 g/mol. The molecule has 0 aliphatic heterocycles. The summed E-state index contributed by atoms with van der Waals surface area (Å²) < 4.78 is 49.7. The van der Waals surface area contributed by atoms with Crippen molar-refractivity contribution in [2.45, 2.75) is 25.6 Å². The van der Waals surface area contributed by atoms with E-state index in [9.17, 15) is 22.4 Å². The van der Waals surface area contributed by atoms with Crippen molar-refractivity contribution in [3.8, 4) is 12.3 Å². The highest BCUT2D eigenvalue weighted by atomic mass is 19.4. The van der Waals surface area contributed by atoms with Gasteiger partial charge in [0.1, 0.15) is 18.2 Å². The molecule has 4 nitrogen and oxygen atoms in total. The molecule has 0 aromatic carbocycles. The fourth-order valence-electron chi connectivity index (χ4n) is 1.32. The van der Waals surface area contributed by atoms with E-state index in [1.807, 2.05) is 5.32 Å². The van der Waals surface area contributed by atoms with Crippen LogP contribution in [0, 0.1) is 18.2 Å². The lowest BCUT2D eigenvalue weighted by Gasteiger charge is -2.20. The minimum absolute atomic E-state index is 0.359. The first kappa shape index (κ1) is 16.8. The number of carbonyl (C=O) groups is 1. The van der Waals surface area contributed by atoms with Crippen LogP contribution in [0.5, 0.6) is 0 Å². The molecule has 0 fully saturated rings. The summed E-state index contributed by atoms with van der Waals surface area (Å²) in [6.45, 7) is 1.63. The first-order valence-electron chi connectivity index (χ1n) is 5.80. The standard InChI is InChI=1S/C13H13F4N3O/c1-4-12(2,3)20-11(21)9-5-8(14)6-18-10(9)19-7-13(15,16)17/h1,5-6H,7H2,2-3H3,(H,18,19)(H,20,21). The number of hydrogen-bond acceptors (Lipinski definition) is 3. The van der Waals surface area contributed by atoms with Crippen molar-refractivity contribution >= 4 is 11.7 Å². The van der Waals surface area contributed by atoms with Crippen LogP contribution in [0.15, 0.2) is 12.3 Å². The predicted octanol–water partition coefficient (Wildman–Crippen LogP) is 2.34. The van der Waals surface area contributed by atoms with Crippen molar-refractivity contribution in [2.24, 2.45) is 0 Å². The smallest absolute Gasteiger partial charge is 0.361 e. The number of aromatic nitrogens is 1. The summed E-state index contributed by atoms with van der Waals surface area (Å²) in [5, 5.41) is 4.33. The zero-order chi connectivity index (χ0) is 16.3. The van der Waals surface area contributed by atoms with E-state index in [0.717, 1.165) is 6.07 Å². The van der Waals surface area contributed by atoms with Crippen LogP contribution in [0.3, 0.4) is 0 Å². The zero-order valence-corrected chi connectivity index (χ0v) is 11.3. The highest BCUT2D eigenvalue weighted by Gasteiger charge is 2.28. The van der Waals surface area contributed by atoms with E-state index in [2.05, 4.69) is 16.2 Å². The fourth-order valence-corrected chi connectivity index (χ4v) is 1.32. The Kier molecular flexibility index (Phi) is 4.78. The summed E-state index contributed by atoms with van der Waals surface area (Å²) in [4.78, 5) is 15.4. The second-order valence-corrected chi connectivity index (χ2v) is 4.74. The summed E-state index contributed by atoms with van der Waals surface area (Å²) in [5.41, 5.74) is -1.40. The van der Waals surface area contributed by atoms with Gasteiger partial charge in [-0.05, 0) is 19.9 Å². The third kappa shape index (κ3) is 5.30. The molecule has 0 bridgehead atoms. The van der Waals surface area contributed by atoms with Crippen LogP contribution in [0.1, 0.15) is 24.2 Å². The summed E-state index contributed by atoms with van der Waals surface area (Å²) in [6, 6.07) is 0.785. The van der Waals surface area contributed by atoms with E-state index in [1.165, 1.54) is 13.8 Å². The van der Waals surface area contributed by atoms with Gasteiger partial charge in [-0.3, -0.25) is 4.79 Å². The molecule has 1 heterocycles. The molecular weight excluding hydrogens is 290 g/mol. The van der Waals surface area contributed by atoms with Gasteiger partial charge >= 0.3 is 6.18 Å². The molecule has 1 amide bonds. The summed E-state index contributed by atoms with van der Waals surface area (Å²) in [5.74, 6) is 0.235. The van der Waals surface area contributed by atoms with E-state index in [0.29, 0.717) is 6.20 Å². The molecule has 1 rings (SSSR count). The number of halogens is 4. The van der Waals surface area contributed by atoms with E-state index >= 15 is 0 Å². The molecule has 1 aromatic heterocycles. The van der Waals surface area contributed by atoms with Crippen LogP contribution < -0.4 is 10.6 Å². The quantitative estimate of drug-likeness (QED) is 0.663. The average molecular weight is 303 g/mol. The number of alkyl halides is 3. The average Bonchev–Trinajstić information content (AvgIpc) is 2.35. The number of pyridine rings is 1. The SMILES string of the molecule is C#CC(C)(C)NC(=O)c1cc(F)cnc1NCC(F)(F)F. The maximum absolute atomic E-state index is 13.2. The van der Waals surface area contributed by atoms with Gasteiger partial charge in [0.15, 0.2) is 0 Å². The topological polar surface area (TPSA) is 54.0 Å². The van der Waals surface area contributed by atoms with Crippen molar-refractivity contribution in [2.75, 3.05) is 11.9 Å². The zero-order valence-electron chi connectivity index (χ0n) is 11.3. The Hall–Kier alpha value is -2.30. The number of carbonyl (C=O) groups excluding carboxylic acids is 1. The molecule has 2 N–H and O–H groups in total. The van der Waals surface area contributed by atoms with Crippen molar-refractivity contribution < 1.29 is 22.4 Å². The Morgan fingerprint density at radius 1 is 1.43 bits per heavy atom. The molecule has 0 radical (unpaired) electrons. The highest BCUT2D eigenvalue weighted by molar-refractivity contribution is 5.99. The van der Waals surface area contributed by atoms with Gasteiger partial charge in [0, 0.05) is 0 Å². The Balaban J connectivity index is 3.02. The Morgan fingerprint density at radius 3 is 2.57 bits per heavy atom. The first-order chi connectivity index (χ1) is 9.54. The van der Waals surface area contributed by atoms with E-state index in [4.69, 9.17) is 6.42 Å². The molecule has 0 aliphatic carbocycles. The van der Waals surface area contributed by atoms with Crippen LogP contribution in [-0.4, -0.2) is 29.2 Å². The van der Waals surface area contributed by atoms with Gasteiger partial charge in [-0.1, -0.05) is 5.92 Å². The number of nitrogens with zero attached hydrogens (tertiary/aromatic N) is 1. The van der Waals surface area contributed by atoms with Crippen LogP contribution >= 0.6 is 0 Å². The molecule has 0 saturated heterocycles. The maximum atomic E-state index is 13.2.